The van der Waals surface area contributed by atoms with E-state index in [1.165, 1.54) is 0 Å². The number of aromatic nitrogens is 8. The molecule has 180 valence electrons. The highest BCUT2D eigenvalue weighted by molar-refractivity contribution is 5.92. The molecule has 35 heavy (non-hydrogen) atoms. The number of nitrogens with zero attached hydrogens (tertiary/aromatic N) is 8. The molecule has 12 nitrogen and oxygen atoms in total. The highest BCUT2D eigenvalue weighted by Crippen LogP contribution is 2.06. The van der Waals surface area contributed by atoms with Crippen LogP contribution in [0.2, 0.25) is 0 Å². The van der Waals surface area contributed by atoms with E-state index >= 15 is 0 Å². The lowest BCUT2D eigenvalue weighted by Crippen LogP contribution is -2.23. The number of pyridine rings is 2. The van der Waals surface area contributed by atoms with Crippen molar-refractivity contribution < 1.29 is 9.59 Å². The van der Waals surface area contributed by atoms with Crippen molar-refractivity contribution in [3.8, 4) is 0 Å². The minimum atomic E-state index is -0.280. The SMILES string of the molecule is Cc1ccc(CNC(=O)c2cn(CCCCn3cc(NC(=O)Cc4cccnc4)nn3)nn2)cn1. The van der Waals surface area contributed by atoms with Crippen LogP contribution >= 0.6 is 0 Å². The average molecular weight is 475 g/mol. The molecule has 2 N–H and O–H groups in total. The normalized spacial score (nSPS) is 10.8. The molecule has 0 saturated carbocycles. The maximum atomic E-state index is 12.3. The van der Waals surface area contributed by atoms with Gasteiger partial charge in [0, 0.05) is 43.9 Å². The number of unbranched alkanes of at least 4 members (excludes halogenated alkanes) is 1. The van der Waals surface area contributed by atoms with E-state index in [0.717, 1.165) is 29.7 Å². The van der Waals surface area contributed by atoms with Gasteiger partial charge < -0.3 is 10.6 Å². The maximum absolute atomic E-state index is 12.3. The Morgan fingerprint density at radius 2 is 1.74 bits per heavy atom. The Morgan fingerprint density at radius 1 is 0.943 bits per heavy atom. The van der Waals surface area contributed by atoms with Gasteiger partial charge in [0.25, 0.3) is 5.91 Å². The summed E-state index contributed by atoms with van der Waals surface area (Å²) in [5.41, 5.74) is 2.94. The molecule has 4 aromatic heterocycles. The molecular weight excluding hydrogens is 448 g/mol. The number of aryl methyl sites for hydroxylation is 3. The fourth-order valence-corrected chi connectivity index (χ4v) is 3.28. The Kier molecular flexibility index (Phi) is 7.84. The predicted octanol–water partition coefficient (Wildman–Crippen LogP) is 1.56. The van der Waals surface area contributed by atoms with Gasteiger partial charge in [-0.1, -0.05) is 22.6 Å². The molecule has 0 radical (unpaired) electrons. The largest absolute Gasteiger partial charge is 0.346 e. The Labute approximate surface area is 201 Å². The van der Waals surface area contributed by atoms with Gasteiger partial charge in [-0.15, -0.1) is 10.2 Å². The van der Waals surface area contributed by atoms with Crippen LogP contribution in [0.1, 0.15) is 40.2 Å². The van der Waals surface area contributed by atoms with E-state index in [0.29, 0.717) is 25.5 Å². The number of hydrogen-bond acceptors (Lipinski definition) is 8. The molecule has 0 aromatic carbocycles. The highest BCUT2D eigenvalue weighted by Gasteiger charge is 2.11. The van der Waals surface area contributed by atoms with Gasteiger partial charge in [-0.25, -0.2) is 0 Å². The number of amides is 2. The van der Waals surface area contributed by atoms with Gasteiger partial charge in [-0.2, -0.15) is 0 Å². The van der Waals surface area contributed by atoms with E-state index in [1.54, 1.807) is 46.4 Å². The van der Waals surface area contributed by atoms with E-state index < -0.39 is 0 Å². The average Bonchev–Trinajstić information content (AvgIpc) is 3.51. The number of nitrogens with one attached hydrogen (secondary N) is 2. The fraction of sp³-hybridized carbons (Fsp3) is 0.304. The van der Waals surface area contributed by atoms with E-state index in [2.05, 4.69) is 41.2 Å². The monoisotopic (exact) mass is 474 g/mol. The molecule has 0 unspecified atom stereocenters. The van der Waals surface area contributed by atoms with Crippen molar-refractivity contribution in [1.82, 2.24) is 45.3 Å². The molecule has 4 aromatic rings. The van der Waals surface area contributed by atoms with Gasteiger partial charge in [0.2, 0.25) is 5.91 Å². The van der Waals surface area contributed by atoms with Crippen LogP contribution in [0.3, 0.4) is 0 Å². The van der Waals surface area contributed by atoms with E-state index in [1.807, 2.05) is 25.1 Å². The lowest BCUT2D eigenvalue weighted by atomic mass is 10.2. The Morgan fingerprint density at radius 3 is 2.49 bits per heavy atom. The third kappa shape index (κ3) is 7.25. The quantitative estimate of drug-likeness (QED) is 0.312. The Balaban J connectivity index is 1.15. The number of hydrogen-bond donors (Lipinski definition) is 2. The highest BCUT2D eigenvalue weighted by atomic mass is 16.2. The number of carbonyl (C=O) groups is 2. The standard InChI is InChI=1S/C23H26N10O2/c1-17-6-7-19(13-25-17)14-26-23(35)20-15-32(30-28-20)9-2-3-10-33-16-21(29-31-33)27-22(34)11-18-5-4-8-24-12-18/h4-8,12-13,15-16H,2-3,9-11,14H2,1H3,(H,26,35)(H,27,34). The summed E-state index contributed by atoms with van der Waals surface area (Å²) < 4.78 is 3.33. The van der Waals surface area contributed by atoms with Gasteiger partial charge in [-0.05, 0) is 43.0 Å². The van der Waals surface area contributed by atoms with Crippen LogP contribution in [0.25, 0.3) is 0 Å². The second kappa shape index (κ2) is 11.6. The van der Waals surface area contributed by atoms with Gasteiger partial charge in [-0.3, -0.25) is 28.9 Å². The van der Waals surface area contributed by atoms with Gasteiger partial charge in [0.1, 0.15) is 0 Å². The molecule has 0 aliphatic rings. The summed E-state index contributed by atoms with van der Waals surface area (Å²) in [6, 6.07) is 7.46. The summed E-state index contributed by atoms with van der Waals surface area (Å²) in [5.74, 6) is -0.0450. The zero-order chi connectivity index (χ0) is 24.5. The van der Waals surface area contributed by atoms with Gasteiger partial charge in [0.15, 0.2) is 11.5 Å². The summed E-state index contributed by atoms with van der Waals surface area (Å²) in [7, 11) is 0. The van der Waals surface area contributed by atoms with E-state index in [4.69, 9.17) is 0 Å². The van der Waals surface area contributed by atoms with Crippen molar-refractivity contribution >= 4 is 17.6 Å². The molecule has 4 rings (SSSR count). The lowest BCUT2D eigenvalue weighted by Gasteiger charge is -2.03. The fourth-order valence-electron chi connectivity index (χ4n) is 3.28. The van der Waals surface area contributed by atoms with E-state index in [9.17, 15) is 9.59 Å². The van der Waals surface area contributed by atoms with Crippen molar-refractivity contribution in [2.45, 2.75) is 45.8 Å². The molecule has 0 bridgehead atoms. The molecule has 0 fully saturated rings. The first kappa shape index (κ1) is 23.7. The summed E-state index contributed by atoms with van der Waals surface area (Å²) in [4.78, 5) is 32.6. The van der Waals surface area contributed by atoms with Gasteiger partial charge in [0.05, 0.1) is 18.8 Å². The van der Waals surface area contributed by atoms with Crippen LogP contribution in [-0.2, 0) is 30.8 Å². The minimum absolute atomic E-state index is 0.174. The lowest BCUT2D eigenvalue weighted by molar-refractivity contribution is -0.115. The molecule has 0 atom stereocenters. The number of rotatable bonds is 11. The third-order valence-corrected chi connectivity index (χ3v) is 5.12. The first-order chi connectivity index (χ1) is 17.0. The smallest absolute Gasteiger partial charge is 0.273 e. The molecule has 0 aliphatic carbocycles. The van der Waals surface area contributed by atoms with Crippen molar-refractivity contribution in [2.75, 3.05) is 5.32 Å². The second-order valence-electron chi connectivity index (χ2n) is 8.02. The van der Waals surface area contributed by atoms with Crippen LogP contribution in [0.15, 0.2) is 55.2 Å². The maximum Gasteiger partial charge on any atom is 0.273 e. The summed E-state index contributed by atoms with van der Waals surface area (Å²) >= 11 is 0. The molecule has 0 aliphatic heterocycles. The Hall–Kier alpha value is -4.48. The zero-order valence-electron chi connectivity index (χ0n) is 19.3. The van der Waals surface area contributed by atoms with Crippen molar-refractivity contribution in [1.29, 1.82) is 0 Å². The predicted molar refractivity (Wildman–Crippen MR) is 126 cm³/mol. The Bertz CT molecular complexity index is 1250. The van der Waals surface area contributed by atoms with Crippen molar-refractivity contribution in [3.05, 3.63) is 77.8 Å². The topological polar surface area (TPSA) is 145 Å². The summed E-state index contributed by atoms with van der Waals surface area (Å²) in [5, 5.41) is 21.6. The van der Waals surface area contributed by atoms with Gasteiger partial charge >= 0.3 is 0 Å². The molecule has 4 heterocycles. The van der Waals surface area contributed by atoms with Crippen LogP contribution in [0.5, 0.6) is 0 Å². The molecular formula is C23H26N10O2. The van der Waals surface area contributed by atoms with Crippen molar-refractivity contribution in [2.24, 2.45) is 0 Å². The minimum Gasteiger partial charge on any atom is -0.346 e. The molecule has 0 saturated heterocycles. The van der Waals surface area contributed by atoms with E-state index in [-0.39, 0.29) is 23.9 Å². The third-order valence-electron chi connectivity index (χ3n) is 5.12. The van der Waals surface area contributed by atoms with Crippen LogP contribution in [-0.4, -0.2) is 51.8 Å². The first-order valence-corrected chi connectivity index (χ1v) is 11.2. The van der Waals surface area contributed by atoms with Crippen molar-refractivity contribution in [3.63, 3.8) is 0 Å². The number of carbonyl (C=O) groups excluding carboxylic acids is 2. The first-order valence-electron chi connectivity index (χ1n) is 11.2. The number of anilines is 1. The zero-order valence-corrected chi connectivity index (χ0v) is 19.3. The van der Waals surface area contributed by atoms with Crippen LogP contribution in [0, 0.1) is 6.92 Å². The molecule has 0 spiro atoms. The summed E-state index contributed by atoms with van der Waals surface area (Å²) in [6.45, 7) is 3.54. The second-order valence-corrected chi connectivity index (χ2v) is 8.02. The molecule has 12 heteroatoms. The van der Waals surface area contributed by atoms with Crippen LogP contribution < -0.4 is 10.6 Å². The molecule has 2 amide bonds. The van der Waals surface area contributed by atoms with Crippen LogP contribution in [0.4, 0.5) is 5.82 Å². The summed E-state index contributed by atoms with van der Waals surface area (Å²) in [6.07, 6.45) is 10.2.